The highest BCUT2D eigenvalue weighted by Crippen LogP contribution is 2.41. The number of rotatable bonds is 4. The molecule has 112 valence electrons. The Morgan fingerprint density at radius 2 is 1.79 bits per heavy atom. The van der Waals surface area contributed by atoms with Crippen LogP contribution in [0.4, 0.5) is 0 Å². The molecule has 2 aliphatic carbocycles. The third-order valence-electron chi connectivity index (χ3n) is 6.14. The number of hydrogen-bond donors (Lipinski definition) is 1. The number of nitrogens with zero attached hydrogens (tertiary/aromatic N) is 1. The Morgan fingerprint density at radius 1 is 1.11 bits per heavy atom. The van der Waals surface area contributed by atoms with Gasteiger partial charge in [-0.25, -0.2) is 0 Å². The molecule has 0 aromatic carbocycles. The van der Waals surface area contributed by atoms with Crippen molar-refractivity contribution < 1.29 is 0 Å². The summed E-state index contributed by atoms with van der Waals surface area (Å²) in [5, 5.41) is 0. The molecule has 2 fully saturated rings. The van der Waals surface area contributed by atoms with Gasteiger partial charge in [0.15, 0.2) is 0 Å². The Morgan fingerprint density at radius 3 is 2.37 bits per heavy atom. The van der Waals surface area contributed by atoms with Gasteiger partial charge in [-0.2, -0.15) is 0 Å². The second-order valence-corrected chi connectivity index (χ2v) is 7.29. The lowest BCUT2D eigenvalue weighted by molar-refractivity contribution is 0.0344. The van der Waals surface area contributed by atoms with Crippen LogP contribution in [0.3, 0.4) is 0 Å². The van der Waals surface area contributed by atoms with Crippen molar-refractivity contribution in [3.05, 3.63) is 0 Å². The molecular weight excluding hydrogens is 232 g/mol. The molecule has 2 N–H and O–H groups in total. The van der Waals surface area contributed by atoms with Gasteiger partial charge in [0.2, 0.25) is 0 Å². The first-order valence-electron chi connectivity index (χ1n) is 8.53. The van der Waals surface area contributed by atoms with Crippen LogP contribution >= 0.6 is 0 Å². The predicted octanol–water partition coefficient (Wildman–Crippen LogP) is 3.79. The zero-order chi connectivity index (χ0) is 13.9. The molecule has 3 unspecified atom stereocenters. The highest BCUT2D eigenvalue weighted by Gasteiger charge is 2.43. The van der Waals surface area contributed by atoms with Crippen LogP contribution in [-0.4, -0.2) is 30.6 Å². The van der Waals surface area contributed by atoms with Gasteiger partial charge in [0.25, 0.3) is 0 Å². The molecule has 0 aliphatic heterocycles. The van der Waals surface area contributed by atoms with E-state index in [1.54, 1.807) is 0 Å². The smallest absolute Gasteiger partial charge is 0.0357 e. The molecule has 2 saturated carbocycles. The van der Waals surface area contributed by atoms with Crippen molar-refractivity contribution in [1.82, 2.24) is 4.90 Å². The van der Waals surface area contributed by atoms with Crippen LogP contribution in [0.25, 0.3) is 0 Å². The zero-order valence-electron chi connectivity index (χ0n) is 13.3. The van der Waals surface area contributed by atoms with Gasteiger partial charge in [-0.3, -0.25) is 0 Å². The lowest BCUT2D eigenvalue weighted by Crippen LogP contribution is -2.61. The number of hydrogen-bond acceptors (Lipinski definition) is 2. The van der Waals surface area contributed by atoms with Crippen molar-refractivity contribution in [3.8, 4) is 0 Å². The Kier molecular flexibility index (Phi) is 5.30. The largest absolute Gasteiger partial charge is 0.326 e. The molecule has 0 spiro atoms. The lowest BCUT2D eigenvalue weighted by atomic mass is 9.66. The molecule has 19 heavy (non-hydrogen) atoms. The first-order valence-corrected chi connectivity index (χ1v) is 8.53. The van der Waals surface area contributed by atoms with Crippen LogP contribution in [0.2, 0.25) is 0 Å². The van der Waals surface area contributed by atoms with E-state index < -0.39 is 0 Å². The monoisotopic (exact) mass is 266 g/mol. The summed E-state index contributed by atoms with van der Waals surface area (Å²) in [6.45, 7) is 2.35. The van der Waals surface area contributed by atoms with E-state index in [1.807, 2.05) is 0 Å². The lowest BCUT2D eigenvalue weighted by Gasteiger charge is -2.51. The summed E-state index contributed by atoms with van der Waals surface area (Å²) in [5.41, 5.74) is 7.12. The highest BCUT2D eigenvalue weighted by molar-refractivity contribution is 5.02. The summed E-state index contributed by atoms with van der Waals surface area (Å²) in [7, 11) is 4.51. The number of likely N-dealkylation sites (N-methyl/N-ethyl adjacent to an activating group) is 1. The second kappa shape index (κ2) is 6.58. The van der Waals surface area contributed by atoms with Crippen molar-refractivity contribution in [2.24, 2.45) is 17.6 Å². The minimum absolute atomic E-state index is 0.290. The molecule has 2 nitrogen and oxygen atoms in total. The highest BCUT2D eigenvalue weighted by atomic mass is 15.2. The molecule has 0 radical (unpaired) electrons. The third kappa shape index (κ3) is 3.16. The summed E-state index contributed by atoms with van der Waals surface area (Å²) >= 11 is 0. The Labute approximate surface area is 120 Å². The topological polar surface area (TPSA) is 29.3 Å². The maximum atomic E-state index is 6.83. The Balaban J connectivity index is 2.08. The molecule has 0 bridgehead atoms. The van der Waals surface area contributed by atoms with Crippen molar-refractivity contribution in [3.63, 3.8) is 0 Å². The molecule has 0 saturated heterocycles. The van der Waals surface area contributed by atoms with E-state index >= 15 is 0 Å². The van der Waals surface area contributed by atoms with Crippen LogP contribution in [0.5, 0.6) is 0 Å². The Bertz CT molecular complexity index is 268. The Hall–Kier alpha value is -0.0800. The first kappa shape index (κ1) is 15.3. The predicted molar refractivity (Wildman–Crippen MR) is 83.2 cm³/mol. The summed E-state index contributed by atoms with van der Waals surface area (Å²) in [4.78, 5) is 2.46. The summed E-state index contributed by atoms with van der Waals surface area (Å²) in [5.74, 6) is 1.70. The second-order valence-electron chi connectivity index (χ2n) is 7.29. The molecule has 0 aromatic rings. The molecule has 3 atom stereocenters. The van der Waals surface area contributed by atoms with E-state index in [4.69, 9.17) is 5.73 Å². The maximum absolute atomic E-state index is 6.83. The maximum Gasteiger partial charge on any atom is 0.0357 e. The minimum atomic E-state index is 0.290. The van der Waals surface area contributed by atoms with Gasteiger partial charge >= 0.3 is 0 Å². The van der Waals surface area contributed by atoms with Crippen molar-refractivity contribution in [2.75, 3.05) is 14.1 Å². The third-order valence-corrected chi connectivity index (χ3v) is 6.14. The van der Waals surface area contributed by atoms with E-state index in [-0.39, 0.29) is 0 Å². The zero-order valence-corrected chi connectivity index (χ0v) is 13.3. The van der Waals surface area contributed by atoms with Gasteiger partial charge in [0.05, 0.1) is 0 Å². The van der Waals surface area contributed by atoms with Gasteiger partial charge < -0.3 is 10.6 Å². The number of nitrogens with two attached hydrogens (primary N) is 1. The summed E-state index contributed by atoms with van der Waals surface area (Å²) in [6.07, 6.45) is 13.7. The fourth-order valence-electron chi connectivity index (χ4n) is 4.71. The van der Waals surface area contributed by atoms with E-state index in [1.165, 1.54) is 64.2 Å². The van der Waals surface area contributed by atoms with Crippen LogP contribution in [0.15, 0.2) is 0 Å². The van der Waals surface area contributed by atoms with E-state index in [0.29, 0.717) is 11.6 Å². The SMILES string of the molecule is CCC1CCCC(C(N)C2(N(C)C)CCCCC2)C1. The standard InChI is InChI=1S/C17H34N2/c1-4-14-9-8-10-15(13-14)16(18)17(19(2)3)11-6-5-7-12-17/h14-16H,4-13,18H2,1-3H3. The van der Waals surface area contributed by atoms with Crippen LogP contribution in [-0.2, 0) is 0 Å². The van der Waals surface area contributed by atoms with Crippen molar-refractivity contribution in [1.29, 1.82) is 0 Å². The van der Waals surface area contributed by atoms with E-state index in [0.717, 1.165) is 11.8 Å². The van der Waals surface area contributed by atoms with Crippen LogP contribution < -0.4 is 5.73 Å². The average molecular weight is 266 g/mol. The molecule has 0 heterocycles. The van der Waals surface area contributed by atoms with E-state index in [2.05, 4.69) is 25.9 Å². The van der Waals surface area contributed by atoms with Gasteiger partial charge in [-0.05, 0) is 51.6 Å². The minimum Gasteiger partial charge on any atom is -0.326 e. The average Bonchev–Trinajstić information content (AvgIpc) is 2.47. The first-order chi connectivity index (χ1) is 9.10. The fourth-order valence-corrected chi connectivity index (χ4v) is 4.71. The molecule has 0 aromatic heterocycles. The van der Waals surface area contributed by atoms with Crippen molar-refractivity contribution in [2.45, 2.75) is 82.7 Å². The fraction of sp³-hybridized carbons (Fsp3) is 1.00. The van der Waals surface area contributed by atoms with Gasteiger partial charge in [0, 0.05) is 11.6 Å². The molecule has 2 heteroatoms. The summed E-state index contributed by atoms with van der Waals surface area (Å²) in [6, 6.07) is 0.386. The summed E-state index contributed by atoms with van der Waals surface area (Å²) < 4.78 is 0. The van der Waals surface area contributed by atoms with Crippen molar-refractivity contribution >= 4 is 0 Å². The molecule has 2 rings (SSSR count). The van der Waals surface area contributed by atoms with Crippen LogP contribution in [0, 0.1) is 11.8 Å². The van der Waals surface area contributed by atoms with Gasteiger partial charge in [-0.1, -0.05) is 45.4 Å². The molecule has 2 aliphatic rings. The van der Waals surface area contributed by atoms with Gasteiger partial charge in [0.1, 0.15) is 0 Å². The molecule has 0 amide bonds. The quantitative estimate of drug-likeness (QED) is 0.838. The molecular formula is C17H34N2. The van der Waals surface area contributed by atoms with Gasteiger partial charge in [-0.15, -0.1) is 0 Å². The van der Waals surface area contributed by atoms with Crippen LogP contribution in [0.1, 0.15) is 71.1 Å². The normalized spacial score (nSPS) is 33.3. The van der Waals surface area contributed by atoms with E-state index in [9.17, 15) is 0 Å².